The van der Waals surface area contributed by atoms with Crippen molar-refractivity contribution in [1.82, 2.24) is 10.2 Å². The van der Waals surface area contributed by atoms with Gasteiger partial charge in [-0.3, -0.25) is 4.90 Å². The van der Waals surface area contributed by atoms with Gasteiger partial charge in [-0.05, 0) is 30.9 Å². The standard InChI is InChI=1S/C18H30N2/c1-3-20(15-17-9-5-4-6-10-17)13-12-19-18-11-7-8-16(2)14-18/h4-6,9-10,16,18-19H,3,7-8,11-15H2,1-2H3. The molecule has 2 nitrogen and oxygen atoms in total. The summed E-state index contributed by atoms with van der Waals surface area (Å²) < 4.78 is 0. The van der Waals surface area contributed by atoms with Gasteiger partial charge >= 0.3 is 0 Å². The second-order valence-electron chi connectivity index (χ2n) is 6.28. The van der Waals surface area contributed by atoms with Gasteiger partial charge in [-0.2, -0.15) is 0 Å². The maximum Gasteiger partial charge on any atom is 0.0234 e. The lowest BCUT2D eigenvalue weighted by Gasteiger charge is -2.29. The van der Waals surface area contributed by atoms with Gasteiger partial charge in [0.25, 0.3) is 0 Å². The van der Waals surface area contributed by atoms with Crippen LogP contribution in [0.15, 0.2) is 30.3 Å². The summed E-state index contributed by atoms with van der Waals surface area (Å²) in [7, 11) is 0. The maximum absolute atomic E-state index is 3.76. The molecule has 0 saturated heterocycles. The molecule has 1 aliphatic rings. The van der Waals surface area contributed by atoms with E-state index < -0.39 is 0 Å². The Hall–Kier alpha value is -0.860. The largest absolute Gasteiger partial charge is 0.313 e. The number of hydrogen-bond donors (Lipinski definition) is 1. The van der Waals surface area contributed by atoms with Gasteiger partial charge in [0.05, 0.1) is 0 Å². The van der Waals surface area contributed by atoms with E-state index in [0.717, 1.165) is 38.1 Å². The van der Waals surface area contributed by atoms with Crippen molar-refractivity contribution >= 4 is 0 Å². The van der Waals surface area contributed by atoms with E-state index in [0.29, 0.717) is 0 Å². The van der Waals surface area contributed by atoms with E-state index in [1.807, 2.05) is 0 Å². The van der Waals surface area contributed by atoms with Crippen LogP contribution in [0.1, 0.15) is 45.1 Å². The molecule has 1 saturated carbocycles. The van der Waals surface area contributed by atoms with Gasteiger partial charge in [-0.15, -0.1) is 0 Å². The van der Waals surface area contributed by atoms with Crippen molar-refractivity contribution in [2.75, 3.05) is 19.6 Å². The first-order valence-corrected chi connectivity index (χ1v) is 8.27. The average Bonchev–Trinajstić information content (AvgIpc) is 2.47. The highest BCUT2D eigenvalue weighted by molar-refractivity contribution is 5.14. The lowest BCUT2D eigenvalue weighted by atomic mass is 9.87. The minimum Gasteiger partial charge on any atom is -0.313 e. The normalized spacial score (nSPS) is 23.1. The van der Waals surface area contributed by atoms with E-state index in [-0.39, 0.29) is 0 Å². The first-order chi connectivity index (χ1) is 9.78. The molecule has 1 N–H and O–H groups in total. The Morgan fingerprint density at radius 3 is 2.70 bits per heavy atom. The summed E-state index contributed by atoms with van der Waals surface area (Å²) in [6.07, 6.45) is 5.56. The quantitative estimate of drug-likeness (QED) is 0.816. The van der Waals surface area contributed by atoms with Crippen LogP contribution in [-0.2, 0) is 6.54 Å². The van der Waals surface area contributed by atoms with Gasteiger partial charge in [0.2, 0.25) is 0 Å². The molecular formula is C18H30N2. The Bertz CT molecular complexity index is 363. The molecule has 0 aliphatic heterocycles. The molecule has 1 aliphatic carbocycles. The molecule has 0 bridgehead atoms. The predicted octanol–water partition coefficient (Wildman–Crippen LogP) is 3.68. The summed E-state index contributed by atoms with van der Waals surface area (Å²) in [4.78, 5) is 2.52. The van der Waals surface area contributed by atoms with Gasteiger partial charge in [-0.25, -0.2) is 0 Å². The number of hydrogen-bond acceptors (Lipinski definition) is 2. The zero-order valence-corrected chi connectivity index (χ0v) is 13.1. The summed E-state index contributed by atoms with van der Waals surface area (Å²) in [5.74, 6) is 0.910. The number of nitrogens with one attached hydrogen (secondary N) is 1. The Morgan fingerprint density at radius 2 is 2.00 bits per heavy atom. The average molecular weight is 274 g/mol. The second-order valence-corrected chi connectivity index (χ2v) is 6.28. The molecule has 112 valence electrons. The zero-order chi connectivity index (χ0) is 14.2. The molecule has 2 heteroatoms. The van der Waals surface area contributed by atoms with Crippen LogP contribution in [0.2, 0.25) is 0 Å². The van der Waals surface area contributed by atoms with Crippen molar-refractivity contribution in [1.29, 1.82) is 0 Å². The summed E-state index contributed by atoms with van der Waals surface area (Å²) >= 11 is 0. The van der Waals surface area contributed by atoms with Gasteiger partial charge in [-0.1, -0.05) is 57.0 Å². The fourth-order valence-corrected chi connectivity index (χ4v) is 3.24. The fourth-order valence-electron chi connectivity index (χ4n) is 3.24. The van der Waals surface area contributed by atoms with E-state index in [9.17, 15) is 0 Å². The number of rotatable bonds is 7. The van der Waals surface area contributed by atoms with E-state index in [1.54, 1.807) is 0 Å². The molecule has 20 heavy (non-hydrogen) atoms. The third kappa shape index (κ3) is 5.26. The Labute approximate surface area is 124 Å². The van der Waals surface area contributed by atoms with Crippen LogP contribution in [0.25, 0.3) is 0 Å². The first-order valence-electron chi connectivity index (χ1n) is 8.27. The van der Waals surface area contributed by atoms with Gasteiger partial charge < -0.3 is 5.32 Å². The highest BCUT2D eigenvalue weighted by Crippen LogP contribution is 2.23. The van der Waals surface area contributed by atoms with Gasteiger partial charge in [0, 0.05) is 25.7 Å². The molecule has 0 amide bonds. The molecule has 0 spiro atoms. The van der Waals surface area contributed by atoms with Crippen molar-refractivity contribution < 1.29 is 0 Å². The summed E-state index contributed by atoms with van der Waals surface area (Å²) in [5, 5.41) is 3.76. The first kappa shape index (κ1) is 15.5. The number of likely N-dealkylation sites (N-methyl/N-ethyl adjacent to an activating group) is 1. The summed E-state index contributed by atoms with van der Waals surface area (Å²) in [5.41, 5.74) is 1.42. The third-order valence-corrected chi connectivity index (χ3v) is 4.49. The Kier molecular flexibility index (Phi) is 6.55. The van der Waals surface area contributed by atoms with Crippen molar-refractivity contribution in [2.45, 2.75) is 52.1 Å². The van der Waals surface area contributed by atoms with Gasteiger partial charge in [0.15, 0.2) is 0 Å². The SMILES string of the molecule is CCN(CCNC1CCCC(C)C1)Cc1ccccc1. The smallest absolute Gasteiger partial charge is 0.0234 e. The molecule has 1 fully saturated rings. The maximum atomic E-state index is 3.76. The minimum atomic E-state index is 0.759. The van der Waals surface area contributed by atoms with Crippen LogP contribution >= 0.6 is 0 Å². The lowest BCUT2D eigenvalue weighted by molar-refractivity contribution is 0.253. The van der Waals surface area contributed by atoms with Crippen molar-refractivity contribution in [3.63, 3.8) is 0 Å². The van der Waals surface area contributed by atoms with E-state index in [4.69, 9.17) is 0 Å². The van der Waals surface area contributed by atoms with Crippen LogP contribution in [0, 0.1) is 5.92 Å². The molecule has 0 radical (unpaired) electrons. The minimum absolute atomic E-state index is 0.759. The van der Waals surface area contributed by atoms with Crippen LogP contribution in [0.3, 0.4) is 0 Å². The van der Waals surface area contributed by atoms with Crippen LogP contribution in [0.4, 0.5) is 0 Å². The number of benzene rings is 1. The third-order valence-electron chi connectivity index (χ3n) is 4.49. The lowest BCUT2D eigenvalue weighted by Crippen LogP contribution is -2.39. The van der Waals surface area contributed by atoms with Gasteiger partial charge in [0.1, 0.15) is 0 Å². The topological polar surface area (TPSA) is 15.3 Å². The van der Waals surface area contributed by atoms with E-state index >= 15 is 0 Å². The molecule has 2 unspecified atom stereocenters. The molecule has 0 aromatic heterocycles. The fraction of sp³-hybridized carbons (Fsp3) is 0.667. The monoisotopic (exact) mass is 274 g/mol. The summed E-state index contributed by atoms with van der Waals surface area (Å²) in [6, 6.07) is 11.5. The Balaban J connectivity index is 1.68. The van der Waals surface area contributed by atoms with E-state index in [2.05, 4.69) is 54.4 Å². The molecule has 0 heterocycles. The highest BCUT2D eigenvalue weighted by atomic mass is 15.1. The zero-order valence-electron chi connectivity index (χ0n) is 13.1. The van der Waals surface area contributed by atoms with Crippen LogP contribution in [-0.4, -0.2) is 30.6 Å². The molecule has 1 aromatic rings. The predicted molar refractivity (Wildman–Crippen MR) is 86.8 cm³/mol. The Morgan fingerprint density at radius 1 is 1.20 bits per heavy atom. The molecule has 2 atom stereocenters. The van der Waals surface area contributed by atoms with Crippen LogP contribution in [0.5, 0.6) is 0 Å². The van der Waals surface area contributed by atoms with E-state index in [1.165, 1.54) is 31.2 Å². The van der Waals surface area contributed by atoms with Crippen LogP contribution < -0.4 is 5.32 Å². The van der Waals surface area contributed by atoms with Crippen molar-refractivity contribution in [3.8, 4) is 0 Å². The number of nitrogens with zero attached hydrogens (tertiary/aromatic N) is 1. The molecular weight excluding hydrogens is 244 g/mol. The second kappa shape index (κ2) is 8.43. The molecule has 2 rings (SSSR count). The molecule has 1 aromatic carbocycles. The summed E-state index contributed by atoms with van der Waals surface area (Å²) in [6.45, 7) is 9.11. The van der Waals surface area contributed by atoms with Crippen molar-refractivity contribution in [2.24, 2.45) is 5.92 Å². The van der Waals surface area contributed by atoms with Crippen molar-refractivity contribution in [3.05, 3.63) is 35.9 Å². The highest BCUT2D eigenvalue weighted by Gasteiger charge is 2.18.